The Morgan fingerprint density at radius 1 is 1.53 bits per heavy atom. The van der Waals surface area contributed by atoms with E-state index in [1.165, 1.54) is 0 Å². The fourth-order valence-electron chi connectivity index (χ4n) is 2.13. The summed E-state index contributed by atoms with van der Waals surface area (Å²) >= 11 is 0. The van der Waals surface area contributed by atoms with E-state index in [0.29, 0.717) is 12.5 Å². The van der Waals surface area contributed by atoms with Gasteiger partial charge in [-0.1, -0.05) is 0 Å². The summed E-state index contributed by atoms with van der Waals surface area (Å²) in [5.41, 5.74) is 0.836. The molecule has 2 rings (SSSR count). The molecule has 17 heavy (non-hydrogen) atoms. The molecule has 0 aromatic carbocycles. The van der Waals surface area contributed by atoms with Gasteiger partial charge in [-0.3, -0.25) is 9.69 Å². The third-order valence-corrected chi connectivity index (χ3v) is 3.14. The molecule has 0 spiro atoms. The highest BCUT2D eigenvalue weighted by Gasteiger charge is 2.18. The van der Waals surface area contributed by atoms with Crippen LogP contribution in [0, 0.1) is 0 Å². The number of nitrogens with zero attached hydrogens (tertiary/aromatic N) is 1. The van der Waals surface area contributed by atoms with E-state index in [1.54, 1.807) is 12.4 Å². The van der Waals surface area contributed by atoms with Gasteiger partial charge in [0.1, 0.15) is 0 Å². The number of amides is 1. The second kappa shape index (κ2) is 5.84. The summed E-state index contributed by atoms with van der Waals surface area (Å²) in [6.45, 7) is 6.20. The number of aromatic amines is 1. The number of nitrogens with one attached hydrogen (secondary N) is 3. The van der Waals surface area contributed by atoms with E-state index < -0.39 is 0 Å². The number of aromatic nitrogens is 1. The first-order chi connectivity index (χ1) is 8.25. The molecule has 1 aliphatic heterocycles. The maximum absolute atomic E-state index is 11.8. The smallest absolute Gasteiger partial charge is 0.225 e. The van der Waals surface area contributed by atoms with Crippen LogP contribution in [0.4, 0.5) is 5.69 Å². The molecule has 0 bridgehead atoms. The minimum Gasteiger partial charge on any atom is -0.366 e. The van der Waals surface area contributed by atoms with Gasteiger partial charge in [0.25, 0.3) is 0 Å². The molecule has 1 unspecified atom stereocenters. The Morgan fingerprint density at radius 3 is 2.94 bits per heavy atom. The Morgan fingerprint density at radius 2 is 2.29 bits per heavy atom. The predicted octanol–water partition coefficient (Wildman–Crippen LogP) is 0.637. The second-order valence-corrected chi connectivity index (χ2v) is 4.49. The van der Waals surface area contributed by atoms with E-state index >= 15 is 0 Å². The lowest BCUT2D eigenvalue weighted by Crippen LogP contribution is -2.48. The third-order valence-electron chi connectivity index (χ3n) is 3.14. The van der Waals surface area contributed by atoms with Gasteiger partial charge in [-0.05, 0) is 13.0 Å². The van der Waals surface area contributed by atoms with Crippen LogP contribution in [0.25, 0.3) is 0 Å². The Labute approximate surface area is 102 Å². The Bertz CT molecular complexity index is 343. The maximum atomic E-state index is 11.8. The molecule has 0 aliphatic carbocycles. The molecule has 2 heterocycles. The van der Waals surface area contributed by atoms with Crippen LogP contribution in [-0.2, 0) is 4.79 Å². The molecule has 5 nitrogen and oxygen atoms in total. The minimum atomic E-state index is 0.0793. The number of carbonyl (C=O) groups excluding carboxylic acids is 1. The highest BCUT2D eigenvalue weighted by molar-refractivity contribution is 5.90. The molecule has 0 radical (unpaired) electrons. The van der Waals surface area contributed by atoms with E-state index in [2.05, 4.69) is 27.4 Å². The first kappa shape index (κ1) is 12.1. The summed E-state index contributed by atoms with van der Waals surface area (Å²) in [6, 6.07) is 2.16. The van der Waals surface area contributed by atoms with Crippen LogP contribution in [0.3, 0.4) is 0 Å². The van der Waals surface area contributed by atoms with Crippen molar-refractivity contribution in [1.82, 2.24) is 15.2 Å². The van der Waals surface area contributed by atoms with Gasteiger partial charge < -0.3 is 15.6 Å². The molecule has 1 aromatic heterocycles. The molecular formula is C12H20N4O. The predicted molar refractivity (Wildman–Crippen MR) is 67.9 cm³/mol. The normalized spacial score (nSPS) is 18.9. The summed E-state index contributed by atoms with van der Waals surface area (Å²) in [7, 11) is 0. The van der Waals surface area contributed by atoms with E-state index in [9.17, 15) is 4.79 Å². The van der Waals surface area contributed by atoms with Gasteiger partial charge in [-0.25, -0.2) is 0 Å². The number of carbonyl (C=O) groups is 1. The van der Waals surface area contributed by atoms with Gasteiger partial charge in [0.15, 0.2) is 0 Å². The molecular weight excluding hydrogens is 216 g/mol. The van der Waals surface area contributed by atoms with Crippen molar-refractivity contribution in [3.8, 4) is 0 Å². The van der Waals surface area contributed by atoms with Crippen molar-refractivity contribution in [2.45, 2.75) is 19.4 Å². The average molecular weight is 236 g/mol. The largest absolute Gasteiger partial charge is 0.366 e. The van der Waals surface area contributed by atoms with E-state index in [1.807, 2.05) is 6.07 Å². The minimum absolute atomic E-state index is 0.0793. The van der Waals surface area contributed by atoms with Gasteiger partial charge in [-0.15, -0.1) is 0 Å². The Balaban J connectivity index is 1.77. The zero-order chi connectivity index (χ0) is 12.1. The molecule has 1 amide bonds. The van der Waals surface area contributed by atoms with Crippen molar-refractivity contribution in [3.63, 3.8) is 0 Å². The number of rotatable bonds is 4. The monoisotopic (exact) mass is 236 g/mol. The molecule has 1 fully saturated rings. The van der Waals surface area contributed by atoms with Crippen molar-refractivity contribution in [2.75, 3.05) is 31.5 Å². The third kappa shape index (κ3) is 3.57. The topological polar surface area (TPSA) is 60.2 Å². The van der Waals surface area contributed by atoms with Gasteiger partial charge in [0, 0.05) is 51.0 Å². The molecule has 0 saturated carbocycles. The quantitative estimate of drug-likeness (QED) is 0.719. The number of hydrogen-bond donors (Lipinski definition) is 3. The summed E-state index contributed by atoms with van der Waals surface area (Å²) in [4.78, 5) is 17.1. The zero-order valence-electron chi connectivity index (χ0n) is 10.2. The fourth-order valence-corrected chi connectivity index (χ4v) is 2.13. The van der Waals surface area contributed by atoms with Crippen LogP contribution in [0.2, 0.25) is 0 Å². The number of piperazine rings is 1. The van der Waals surface area contributed by atoms with Crippen LogP contribution < -0.4 is 10.6 Å². The second-order valence-electron chi connectivity index (χ2n) is 4.49. The van der Waals surface area contributed by atoms with Gasteiger partial charge in [0.05, 0.1) is 5.69 Å². The SMILES string of the molecule is CC(CC(=O)Nc1cc[nH]c1)N1CCNCC1. The molecule has 5 heteroatoms. The molecule has 1 atom stereocenters. The summed E-state index contributed by atoms with van der Waals surface area (Å²) in [6.07, 6.45) is 4.13. The number of H-pyrrole nitrogens is 1. The lowest BCUT2D eigenvalue weighted by Gasteiger charge is -2.32. The zero-order valence-corrected chi connectivity index (χ0v) is 10.2. The lowest BCUT2D eigenvalue weighted by molar-refractivity contribution is -0.117. The van der Waals surface area contributed by atoms with Crippen molar-refractivity contribution < 1.29 is 4.79 Å². The Hall–Kier alpha value is -1.33. The summed E-state index contributed by atoms with van der Waals surface area (Å²) < 4.78 is 0. The van der Waals surface area contributed by atoms with E-state index in [4.69, 9.17) is 0 Å². The van der Waals surface area contributed by atoms with Gasteiger partial charge >= 0.3 is 0 Å². The maximum Gasteiger partial charge on any atom is 0.225 e. The first-order valence-electron chi connectivity index (χ1n) is 6.13. The van der Waals surface area contributed by atoms with E-state index in [-0.39, 0.29) is 5.91 Å². The molecule has 1 aromatic rings. The summed E-state index contributed by atoms with van der Waals surface area (Å²) in [5.74, 6) is 0.0793. The summed E-state index contributed by atoms with van der Waals surface area (Å²) in [5, 5.41) is 6.19. The van der Waals surface area contributed by atoms with E-state index in [0.717, 1.165) is 31.9 Å². The molecule has 94 valence electrons. The van der Waals surface area contributed by atoms with Crippen molar-refractivity contribution >= 4 is 11.6 Å². The van der Waals surface area contributed by atoms with Crippen LogP contribution in [-0.4, -0.2) is 48.0 Å². The van der Waals surface area contributed by atoms with Gasteiger partial charge in [0.2, 0.25) is 5.91 Å². The van der Waals surface area contributed by atoms with Crippen LogP contribution in [0.5, 0.6) is 0 Å². The number of anilines is 1. The fraction of sp³-hybridized carbons (Fsp3) is 0.583. The Kier molecular flexibility index (Phi) is 4.17. The first-order valence-corrected chi connectivity index (χ1v) is 6.13. The highest BCUT2D eigenvalue weighted by Crippen LogP contribution is 2.08. The molecule has 1 saturated heterocycles. The van der Waals surface area contributed by atoms with Crippen LogP contribution in [0.1, 0.15) is 13.3 Å². The molecule has 1 aliphatic rings. The van der Waals surface area contributed by atoms with Gasteiger partial charge in [-0.2, -0.15) is 0 Å². The highest BCUT2D eigenvalue weighted by atomic mass is 16.1. The van der Waals surface area contributed by atoms with Crippen molar-refractivity contribution in [3.05, 3.63) is 18.5 Å². The van der Waals surface area contributed by atoms with Crippen LogP contribution in [0.15, 0.2) is 18.5 Å². The standard InChI is InChI=1S/C12H20N4O/c1-10(16-6-4-13-5-7-16)8-12(17)15-11-2-3-14-9-11/h2-3,9-10,13-14H,4-8H2,1H3,(H,15,17). The van der Waals surface area contributed by atoms with Crippen molar-refractivity contribution in [2.24, 2.45) is 0 Å². The molecule has 3 N–H and O–H groups in total. The van der Waals surface area contributed by atoms with Crippen molar-refractivity contribution in [1.29, 1.82) is 0 Å². The number of hydrogen-bond acceptors (Lipinski definition) is 3. The lowest BCUT2D eigenvalue weighted by atomic mass is 10.1. The van der Waals surface area contributed by atoms with Crippen LogP contribution >= 0.6 is 0 Å². The average Bonchev–Trinajstić information content (AvgIpc) is 2.82.